The first-order valence-electron chi connectivity index (χ1n) is 6.95. The maximum absolute atomic E-state index is 12.4. The van der Waals surface area contributed by atoms with E-state index < -0.39 is 17.8 Å². The number of imide groups is 1. The van der Waals surface area contributed by atoms with Gasteiger partial charge >= 0.3 is 5.97 Å². The van der Waals surface area contributed by atoms with Crippen molar-refractivity contribution in [2.24, 2.45) is 0 Å². The van der Waals surface area contributed by atoms with E-state index in [0.717, 1.165) is 21.4 Å². The predicted molar refractivity (Wildman–Crippen MR) is 89.2 cm³/mol. The van der Waals surface area contributed by atoms with Crippen molar-refractivity contribution in [2.45, 2.75) is 0 Å². The van der Waals surface area contributed by atoms with Crippen LogP contribution in [0.1, 0.15) is 30.4 Å². The van der Waals surface area contributed by atoms with Crippen LogP contribution in [-0.2, 0) is 4.84 Å². The summed E-state index contributed by atoms with van der Waals surface area (Å²) < 4.78 is 0.816. The molecule has 2 heterocycles. The van der Waals surface area contributed by atoms with Crippen LogP contribution in [0.3, 0.4) is 0 Å². The van der Waals surface area contributed by atoms with Gasteiger partial charge in [0, 0.05) is 10.1 Å². The first kappa shape index (κ1) is 14.9. The number of benzene rings is 2. The van der Waals surface area contributed by atoms with Crippen LogP contribution >= 0.6 is 22.9 Å². The van der Waals surface area contributed by atoms with E-state index in [0.29, 0.717) is 5.06 Å². The Hall–Kier alpha value is -2.70. The molecule has 118 valence electrons. The second-order valence-electron chi connectivity index (χ2n) is 5.07. The fourth-order valence-electron chi connectivity index (χ4n) is 2.52. The van der Waals surface area contributed by atoms with E-state index >= 15 is 0 Å². The van der Waals surface area contributed by atoms with Crippen molar-refractivity contribution in [3.8, 4) is 0 Å². The summed E-state index contributed by atoms with van der Waals surface area (Å²) >= 11 is 7.37. The lowest BCUT2D eigenvalue weighted by atomic mass is 10.1. The molecule has 0 N–H and O–H groups in total. The number of nitrogens with zero attached hydrogens (tertiary/aromatic N) is 1. The normalized spacial score (nSPS) is 13.5. The highest BCUT2D eigenvalue weighted by Crippen LogP contribution is 2.36. The molecule has 0 atom stereocenters. The molecule has 1 aromatic heterocycles. The molecule has 24 heavy (non-hydrogen) atoms. The van der Waals surface area contributed by atoms with Crippen LogP contribution in [0, 0.1) is 0 Å². The van der Waals surface area contributed by atoms with E-state index in [2.05, 4.69) is 0 Å². The zero-order valence-corrected chi connectivity index (χ0v) is 13.6. The van der Waals surface area contributed by atoms with Crippen LogP contribution < -0.4 is 0 Å². The largest absolute Gasteiger partial charge is 0.375 e. The molecule has 0 bridgehead atoms. The maximum atomic E-state index is 12.4. The van der Waals surface area contributed by atoms with Gasteiger partial charge in [-0.15, -0.1) is 11.3 Å². The number of hydrogen-bond acceptors (Lipinski definition) is 5. The average Bonchev–Trinajstić information content (AvgIpc) is 3.06. The zero-order chi connectivity index (χ0) is 16.8. The SMILES string of the molecule is O=C(ON1C(=O)c2ccccc2C1=O)c1sc2ccccc2c1Cl. The van der Waals surface area contributed by atoms with Crippen molar-refractivity contribution in [1.82, 2.24) is 5.06 Å². The number of halogens is 1. The molecule has 0 unspecified atom stereocenters. The van der Waals surface area contributed by atoms with Crippen molar-refractivity contribution >= 4 is 50.8 Å². The smallest absolute Gasteiger partial charge is 0.323 e. The second kappa shape index (κ2) is 5.43. The first-order valence-corrected chi connectivity index (χ1v) is 8.14. The van der Waals surface area contributed by atoms with Gasteiger partial charge in [-0.2, -0.15) is 0 Å². The highest BCUT2D eigenvalue weighted by Gasteiger charge is 2.39. The van der Waals surface area contributed by atoms with Crippen LogP contribution in [0.2, 0.25) is 5.02 Å². The van der Waals surface area contributed by atoms with Crippen LogP contribution in [0.25, 0.3) is 10.1 Å². The fraction of sp³-hybridized carbons (Fsp3) is 0. The van der Waals surface area contributed by atoms with E-state index in [1.54, 1.807) is 24.3 Å². The number of hydrogen-bond donors (Lipinski definition) is 0. The maximum Gasteiger partial charge on any atom is 0.375 e. The number of carbonyl (C=O) groups excluding carboxylic acids is 3. The Morgan fingerprint density at radius 1 is 0.958 bits per heavy atom. The minimum atomic E-state index is -0.837. The number of hydroxylamine groups is 2. The van der Waals surface area contributed by atoms with Gasteiger partial charge in [-0.3, -0.25) is 9.59 Å². The fourth-order valence-corrected chi connectivity index (χ4v) is 3.90. The number of carbonyl (C=O) groups is 3. The molecule has 0 saturated heterocycles. The molecule has 1 aliphatic rings. The zero-order valence-electron chi connectivity index (χ0n) is 12.0. The Kier molecular flexibility index (Phi) is 3.37. The van der Waals surface area contributed by atoms with Crippen molar-refractivity contribution in [2.75, 3.05) is 0 Å². The molecular weight excluding hydrogens is 350 g/mol. The second-order valence-corrected chi connectivity index (χ2v) is 6.50. The van der Waals surface area contributed by atoms with Gasteiger partial charge in [0.05, 0.1) is 16.1 Å². The highest BCUT2D eigenvalue weighted by molar-refractivity contribution is 7.21. The number of fused-ring (bicyclic) bond motifs is 2. The number of amides is 2. The number of rotatable bonds is 2. The van der Waals surface area contributed by atoms with E-state index in [4.69, 9.17) is 16.4 Å². The Bertz CT molecular complexity index is 991. The summed E-state index contributed by atoms with van der Waals surface area (Å²) in [5.41, 5.74) is 0.412. The summed E-state index contributed by atoms with van der Waals surface area (Å²) in [4.78, 5) is 42.0. The predicted octanol–water partition coefficient (Wildman–Crippen LogP) is 3.92. The topological polar surface area (TPSA) is 63.7 Å². The summed E-state index contributed by atoms with van der Waals surface area (Å²) in [6.45, 7) is 0. The quantitative estimate of drug-likeness (QED) is 0.652. The molecule has 0 radical (unpaired) electrons. The molecule has 0 spiro atoms. The molecule has 3 aromatic rings. The van der Waals surface area contributed by atoms with Gasteiger partial charge in [0.1, 0.15) is 4.88 Å². The van der Waals surface area contributed by atoms with Crippen molar-refractivity contribution < 1.29 is 19.2 Å². The van der Waals surface area contributed by atoms with Crippen molar-refractivity contribution in [1.29, 1.82) is 0 Å². The van der Waals surface area contributed by atoms with E-state index in [1.165, 1.54) is 12.1 Å². The molecule has 2 amide bonds. The van der Waals surface area contributed by atoms with Crippen molar-refractivity contribution in [3.63, 3.8) is 0 Å². The summed E-state index contributed by atoms with van der Waals surface area (Å²) in [6.07, 6.45) is 0. The highest BCUT2D eigenvalue weighted by atomic mass is 35.5. The minimum Gasteiger partial charge on any atom is -0.323 e. The van der Waals surface area contributed by atoms with Gasteiger partial charge in [-0.25, -0.2) is 4.79 Å². The molecule has 0 fully saturated rings. The third kappa shape index (κ3) is 2.11. The molecule has 5 nitrogen and oxygen atoms in total. The van der Waals surface area contributed by atoms with E-state index in [-0.39, 0.29) is 21.0 Å². The van der Waals surface area contributed by atoms with Gasteiger partial charge in [-0.1, -0.05) is 47.0 Å². The summed E-state index contributed by atoms with van der Waals surface area (Å²) in [7, 11) is 0. The van der Waals surface area contributed by atoms with Gasteiger partial charge in [-0.05, 0) is 18.2 Å². The van der Waals surface area contributed by atoms with Crippen LogP contribution in [0.15, 0.2) is 48.5 Å². The van der Waals surface area contributed by atoms with Gasteiger partial charge in [0.15, 0.2) is 0 Å². The minimum absolute atomic E-state index is 0.148. The number of thiophene rings is 1. The summed E-state index contributed by atoms with van der Waals surface area (Å²) in [5.74, 6) is -2.17. The van der Waals surface area contributed by atoms with Crippen LogP contribution in [0.5, 0.6) is 0 Å². The van der Waals surface area contributed by atoms with E-state index in [1.807, 2.05) is 12.1 Å². The molecule has 0 aliphatic carbocycles. The average molecular weight is 358 g/mol. The molecule has 4 rings (SSSR count). The third-order valence-electron chi connectivity index (χ3n) is 3.65. The van der Waals surface area contributed by atoms with E-state index in [9.17, 15) is 14.4 Å². The standard InChI is InChI=1S/C17H8ClNO4S/c18-13-11-7-3-4-8-12(11)24-14(13)17(22)23-19-15(20)9-5-1-2-6-10(9)16(19)21/h1-8H. The lowest BCUT2D eigenvalue weighted by Crippen LogP contribution is -2.32. The Morgan fingerprint density at radius 3 is 2.17 bits per heavy atom. The monoisotopic (exact) mass is 357 g/mol. The summed E-state index contributed by atoms with van der Waals surface area (Å²) in [5, 5.41) is 1.45. The Balaban J connectivity index is 1.66. The molecule has 1 aliphatic heterocycles. The summed E-state index contributed by atoms with van der Waals surface area (Å²) in [6, 6.07) is 13.5. The van der Waals surface area contributed by atoms with Gasteiger partial charge in [0.2, 0.25) is 0 Å². The first-order chi connectivity index (χ1) is 11.6. The van der Waals surface area contributed by atoms with Gasteiger partial charge < -0.3 is 4.84 Å². The molecular formula is C17H8ClNO4S. The van der Waals surface area contributed by atoms with Gasteiger partial charge in [0.25, 0.3) is 11.8 Å². The molecule has 2 aromatic carbocycles. The lowest BCUT2D eigenvalue weighted by Gasteiger charge is -2.11. The van der Waals surface area contributed by atoms with Crippen LogP contribution in [0.4, 0.5) is 0 Å². The Morgan fingerprint density at radius 2 is 1.54 bits per heavy atom. The molecule has 7 heteroatoms. The van der Waals surface area contributed by atoms with Crippen LogP contribution in [-0.4, -0.2) is 22.8 Å². The third-order valence-corrected chi connectivity index (χ3v) is 5.31. The Labute approximate surface area is 145 Å². The molecule has 0 saturated carbocycles. The lowest BCUT2D eigenvalue weighted by molar-refractivity contribution is -0.0581. The van der Waals surface area contributed by atoms with Crippen molar-refractivity contribution in [3.05, 3.63) is 69.6 Å².